The fraction of sp³-hybridized carbons (Fsp3) is 0.294. The average molecular weight is 315 g/mol. The Bertz CT molecular complexity index is 670. The van der Waals surface area contributed by atoms with Gasteiger partial charge in [0.1, 0.15) is 11.6 Å². The second-order valence-electron chi connectivity index (χ2n) is 5.31. The maximum absolute atomic E-state index is 12.9. The molecule has 0 atom stereocenters. The minimum Gasteiger partial charge on any atom is -0.378 e. The minimum atomic E-state index is -0.356. The molecule has 0 aliphatic carbocycles. The van der Waals surface area contributed by atoms with Crippen LogP contribution in [-0.4, -0.2) is 37.2 Å². The summed E-state index contributed by atoms with van der Waals surface area (Å²) in [5.74, 6) is 0.308. The number of carbonyl (C=O) groups excluding carboxylic acids is 1. The molecule has 1 aromatic carbocycles. The number of hydrogen-bond donors (Lipinski definition) is 1. The van der Waals surface area contributed by atoms with E-state index in [1.807, 2.05) is 12.1 Å². The summed E-state index contributed by atoms with van der Waals surface area (Å²) >= 11 is 0. The fourth-order valence-electron chi connectivity index (χ4n) is 2.42. The molecular weight excluding hydrogens is 297 g/mol. The molecule has 5 nitrogen and oxygen atoms in total. The van der Waals surface area contributed by atoms with Crippen LogP contribution in [0.5, 0.6) is 0 Å². The fourth-order valence-corrected chi connectivity index (χ4v) is 2.42. The first-order valence-corrected chi connectivity index (χ1v) is 7.54. The van der Waals surface area contributed by atoms with Crippen molar-refractivity contribution in [2.24, 2.45) is 0 Å². The molecule has 0 spiro atoms. The van der Waals surface area contributed by atoms with E-state index in [0.717, 1.165) is 24.5 Å². The summed E-state index contributed by atoms with van der Waals surface area (Å²) in [5, 5.41) is 2.83. The van der Waals surface area contributed by atoms with Gasteiger partial charge in [0.2, 0.25) is 0 Å². The predicted octanol–water partition coefficient (Wildman–Crippen LogP) is 1.99. The highest BCUT2D eigenvalue weighted by Crippen LogP contribution is 2.14. The molecule has 0 radical (unpaired) electrons. The molecule has 1 aromatic heterocycles. The lowest BCUT2D eigenvalue weighted by molar-refractivity contribution is 0.0951. The Morgan fingerprint density at radius 2 is 1.96 bits per heavy atom. The highest BCUT2D eigenvalue weighted by molar-refractivity contribution is 5.94. The zero-order valence-electron chi connectivity index (χ0n) is 12.7. The van der Waals surface area contributed by atoms with Crippen LogP contribution in [0.3, 0.4) is 0 Å². The third-order valence-electron chi connectivity index (χ3n) is 3.70. The lowest BCUT2D eigenvalue weighted by Crippen LogP contribution is -2.36. The molecule has 1 aliphatic rings. The highest BCUT2D eigenvalue weighted by atomic mass is 19.1. The van der Waals surface area contributed by atoms with Gasteiger partial charge in [-0.25, -0.2) is 9.37 Å². The zero-order valence-corrected chi connectivity index (χ0v) is 12.7. The summed E-state index contributed by atoms with van der Waals surface area (Å²) in [4.78, 5) is 18.6. The van der Waals surface area contributed by atoms with Crippen molar-refractivity contribution in [1.82, 2.24) is 10.3 Å². The van der Waals surface area contributed by atoms with Crippen molar-refractivity contribution < 1.29 is 13.9 Å². The number of carbonyl (C=O) groups is 1. The molecule has 1 aliphatic heterocycles. The minimum absolute atomic E-state index is 0.227. The van der Waals surface area contributed by atoms with Crippen molar-refractivity contribution in [1.29, 1.82) is 0 Å². The van der Waals surface area contributed by atoms with E-state index in [4.69, 9.17) is 4.74 Å². The van der Waals surface area contributed by atoms with E-state index in [1.54, 1.807) is 6.20 Å². The smallest absolute Gasteiger partial charge is 0.251 e. The largest absolute Gasteiger partial charge is 0.378 e. The van der Waals surface area contributed by atoms with Crippen LogP contribution in [0.4, 0.5) is 10.2 Å². The van der Waals surface area contributed by atoms with Crippen molar-refractivity contribution in [3.63, 3.8) is 0 Å². The van der Waals surface area contributed by atoms with Crippen LogP contribution in [0.25, 0.3) is 0 Å². The van der Waals surface area contributed by atoms with Crippen LogP contribution >= 0.6 is 0 Å². The Morgan fingerprint density at radius 1 is 1.22 bits per heavy atom. The van der Waals surface area contributed by atoms with Crippen molar-refractivity contribution in [3.05, 3.63) is 59.5 Å². The van der Waals surface area contributed by atoms with Crippen molar-refractivity contribution in [3.8, 4) is 0 Å². The molecule has 23 heavy (non-hydrogen) atoms. The summed E-state index contributed by atoms with van der Waals surface area (Å²) < 4.78 is 18.2. The van der Waals surface area contributed by atoms with Crippen LogP contribution in [0.2, 0.25) is 0 Å². The summed E-state index contributed by atoms with van der Waals surface area (Å²) in [6.45, 7) is 3.44. The van der Waals surface area contributed by atoms with Gasteiger partial charge >= 0.3 is 0 Å². The first kappa shape index (κ1) is 15.4. The van der Waals surface area contributed by atoms with E-state index in [0.29, 0.717) is 25.3 Å². The van der Waals surface area contributed by atoms with Gasteiger partial charge in [-0.05, 0) is 42.0 Å². The number of aromatic nitrogens is 1. The number of hydrogen-bond acceptors (Lipinski definition) is 4. The number of amides is 1. The molecule has 1 saturated heterocycles. The third kappa shape index (κ3) is 4.04. The van der Waals surface area contributed by atoms with E-state index in [9.17, 15) is 9.18 Å². The number of rotatable bonds is 4. The standard InChI is InChI=1S/C17H18FN3O2/c18-15-3-1-14(2-4-15)17(22)20-12-13-5-6-19-16(11-13)21-7-9-23-10-8-21/h1-6,11H,7-10,12H2,(H,20,22). The summed E-state index contributed by atoms with van der Waals surface area (Å²) in [7, 11) is 0. The monoisotopic (exact) mass is 315 g/mol. The van der Waals surface area contributed by atoms with Crippen molar-refractivity contribution >= 4 is 11.7 Å². The Labute approximate surface area is 134 Å². The molecule has 0 bridgehead atoms. The normalized spacial score (nSPS) is 14.6. The predicted molar refractivity (Wildman–Crippen MR) is 84.8 cm³/mol. The second-order valence-corrected chi connectivity index (χ2v) is 5.31. The van der Waals surface area contributed by atoms with Crippen molar-refractivity contribution in [2.45, 2.75) is 6.54 Å². The zero-order chi connectivity index (χ0) is 16.1. The quantitative estimate of drug-likeness (QED) is 0.937. The van der Waals surface area contributed by atoms with Crippen LogP contribution in [0.1, 0.15) is 15.9 Å². The lowest BCUT2D eigenvalue weighted by atomic mass is 10.2. The first-order chi connectivity index (χ1) is 11.2. The van der Waals surface area contributed by atoms with E-state index >= 15 is 0 Å². The Kier molecular flexibility index (Phi) is 4.83. The van der Waals surface area contributed by atoms with Crippen LogP contribution in [0.15, 0.2) is 42.6 Å². The summed E-state index contributed by atoms with van der Waals surface area (Å²) in [6.07, 6.45) is 1.74. The summed E-state index contributed by atoms with van der Waals surface area (Å²) in [5.41, 5.74) is 1.41. The van der Waals surface area contributed by atoms with Gasteiger partial charge in [-0.15, -0.1) is 0 Å². The molecule has 0 unspecified atom stereocenters. The Hall–Kier alpha value is -2.47. The van der Waals surface area contributed by atoms with E-state index < -0.39 is 0 Å². The molecule has 2 heterocycles. The van der Waals surface area contributed by atoms with E-state index in [2.05, 4.69) is 15.2 Å². The van der Waals surface area contributed by atoms with Crippen LogP contribution < -0.4 is 10.2 Å². The number of nitrogens with one attached hydrogen (secondary N) is 1. The third-order valence-corrected chi connectivity index (χ3v) is 3.70. The van der Waals surface area contributed by atoms with Gasteiger partial charge in [-0.1, -0.05) is 0 Å². The molecule has 1 amide bonds. The maximum Gasteiger partial charge on any atom is 0.251 e. The second kappa shape index (κ2) is 7.19. The molecule has 1 N–H and O–H groups in total. The number of benzene rings is 1. The topological polar surface area (TPSA) is 54.5 Å². The maximum atomic E-state index is 12.9. The van der Waals surface area contributed by atoms with Crippen LogP contribution in [-0.2, 0) is 11.3 Å². The van der Waals surface area contributed by atoms with Gasteiger partial charge < -0.3 is 15.0 Å². The SMILES string of the molecule is O=C(NCc1ccnc(N2CCOCC2)c1)c1ccc(F)cc1. The number of nitrogens with zero attached hydrogens (tertiary/aromatic N) is 2. The Balaban J connectivity index is 1.61. The molecular formula is C17H18FN3O2. The molecule has 0 saturated carbocycles. The highest BCUT2D eigenvalue weighted by Gasteiger charge is 2.13. The van der Waals surface area contributed by atoms with Gasteiger partial charge in [0.05, 0.1) is 13.2 Å². The number of halogens is 1. The molecule has 3 rings (SSSR count). The van der Waals surface area contributed by atoms with Gasteiger partial charge in [0, 0.05) is 31.4 Å². The van der Waals surface area contributed by atoms with Gasteiger partial charge in [-0.2, -0.15) is 0 Å². The van der Waals surface area contributed by atoms with E-state index in [1.165, 1.54) is 24.3 Å². The molecule has 6 heteroatoms. The van der Waals surface area contributed by atoms with Crippen molar-refractivity contribution in [2.75, 3.05) is 31.2 Å². The average Bonchev–Trinajstić information content (AvgIpc) is 2.61. The molecule has 2 aromatic rings. The van der Waals surface area contributed by atoms with Gasteiger partial charge in [0.15, 0.2) is 0 Å². The lowest BCUT2D eigenvalue weighted by Gasteiger charge is -2.28. The molecule has 120 valence electrons. The first-order valence-electron chi connectivity index (χ1n) is 7.54. The number of pyridine rings is 1. The van der Waals surface area contributed by atoms with Gasteiger partial charge in [-0.3, -0.25) is 4.79 Å². The molecule has 1 fully saturated rings. The Morgan fingerprint density at radius 3 is 2.70 bits per heavy atom. The number of morpholine rings is 1. The number of ether oxygens (including phenoxy) is 1. The number of anilines is 1. The van der Waals surface area contributed by atoms with Gasteiger partial charge in [0.25, 0.3) is 5.91 Å². The van der Waals surface area contributed by atoms with Crippen LogP contribution in [0, 0.1) is 5.82 Å². The van der Waals surface area contributed by atoms with E-state index in [-0.39, 0.29) is 11.7 Å². The summed E-state index contributed by atoms with van der Waals surface area (Å²) in [6, 6.07) is 9.33.